The first-order chi connectivity index (χ1) is 9.48. The number of amides is 2. The highest BCUT2D eigenvalue weighted by Gasteiger charge is 2.31. The first kappa shape index (κ1) is 17.8. The van der Waals surface area contributed by atoms with E-state index in [2.05, 4.69) is 26.1 Å². The van der Waals surface area contributed by atoms with Gasteiger partial charge in [-0.25, -0.2) is 4.79 Å². The fourth-order valence-corrected chi connectivity index (χ4v) is 3.40. The molecule has 0 aliphatic carbocycles. The number of hydrogen-bond donors (Lipinski definition) is 2. The zero-order valence-corrected chi connectivity index (χ0v) is 14.0. The molecule has 5 nitrogen and oxygen atoms in total. The van der Waals surface area contributed by atoms with Crippen LogP contribution >= 0.6 is 0 Å². The Morgan fingerprint density at radius 2 is 1.86 bits per heavy atom. The predicted octanol–water partition coefficient (Wildman–Crippen LogP) is 3.10. The minimum Gasteiger partial charge on any atom is -0.481 e. The zero-order chi connectivity index (χ0) is 16.3. The first-order valence-corrected chi connectivity index (χ1v) is 7.77. The molecule has 1 fully saturated rings. The number of urea groups is 1. The lowest BCUT2D eigenvalue weighted by molar-refractivity contribution is -0.138. The molecule has 0 bridgehead atoms. The second-order valence-corrected chi connectivity index (χ2v) is 8.10. The van der Waals surface area contributed by atoms with E-state index in [0.29, 0.717) is 13.1 Å². The number of carboxylic acids is 1. The highest BCUT2D eigenvalue weighted by Crippen LogP contribution is 2.27. The highest BCUT2D eigenvalue weighted by atomic mass is 16.4. The van der Waals surface area contributed by atoms with Crippen LogP contribution in [0.3, 0.4) is 0 Å². The van der Waals surface area contributed by atoms with Gasteiger partial charge in [0.15, 0.2) is 0 Å². The molecule has 1 atom stereocenters. The Labute approximate surface area is 128 Å². The molecule has 1 heterocycles. The van der Waals surface area contributed by atoms with Gasteiger partial charge in [0.1, 0.15) is 0 Å². The monoisotopic (exact) mass is 298 g/mol. The molecule has 1 aliphatic heterocycles. The SMILES string of the molecule is CC(C)(C)CC(C)(C)NC(=O)N1CCCC(CC(=O)O)C1. The normalized spacial score (nSPS) is 20.2. The number of likely N-dealkylation sites (tertiary alicyclic amines) is 1. The molecule has 0 spiro atoms. The van der Waals surface area contributed by atoms with Gasteiger partial charge in [-0.2, -0.15) is 0 Å². The Balaban J connectivity index is 2.56. The van der Waals surface area contributed by atoms with Gasteiger partial charge in [0.05, 0.1) is 0 Å². The van der Waals surface area contributed by atoms with Crippen LogP contribution in [-0.4, -0.2) is 40.6 Å². The molecule has 1 aliphatic rings. The number of piperidine rings is 1. The van der Waals surface area contributed by atoms with Gasteiger partial charge in [-0.15, -0.1) is 0 Å². The maximum Gasteiger partial charge on any atom is 0.317 e. The van der Waals surface area contributed by atoms with E-state index in [4.69, 9.17) is 5.11 Å². The molecule has 2 N–H and O–H groups in total. The van der Waals surface area contributed by atoms with E-state index < -0.39 is 5.97 Å². The molecular weight excluding hydrogens is 268 g/mol. The van der Waals surface area contributed by atoms with Crippen molar-refractivity contribution in [3.63, 3.8) is 0 Å². The number of rotatable bonds is 4. The molecule has 21 heavy (non-hydrogen) atoms. The van der Waals surface area contributed by atoms with E-state index in [1.807, 2.05) is 13.8 Å². The average molecular weight is 298 g/mol. The van der Waals surface area contributed by atoms with Crippen molar-refractivity contribution in [2.75, 3.05) is 13.1 Å². The third kappa shape index (κ3) is 6.82. The maximum atomic E-state index is 12.4. The van der Waals surface area contributed by atoms with Crippen molar-refractivity contribution in [1.29, 1.82) is 0 Å². The molecular formula is C16H30N2O3. The molecule has 5 heteroatoms. The Hall–Kier alpha value is -1.26. The smallest absolute Gasteiger partial charge is 0.317 e. The summed E-state index contributed by atoms with van der Waals surface area (Å²) in [6, 6.07) is -0.0701. The number of carbonyl (C=O) groups excluding carboxylic acids is 1. The van der Waals surface area contributed by atoms with Crippen LogP contribution in [0.5, 0.6) is 0 Å². The molecule has 122 valence electrons. The summed E-state index contributed by atoms with van der Waals surface area (Å²) < 4.78 is 0. The summed E-state index contributed by atoms with van der Waals surface area (Å²) in [6.07, 6.45) is 2.81. The van der Waals surface area contributed by atoms with E-state index in [-0.39, 0.29) is 29.3 Å². The van der Waals surface area contributed by atoms with Crippen LogP contribution in [0, 0.1) is 11.3 Å². The summed E-state index contributed by atoms with van der Waals surface area (Å²) in [7, 11) is 0. The van der Waals surface area contributed by atoms with Crippen molar-refractivity contribution in [1.82, 2.24) is 10.2 Å². The quantitative estimate of drug-likeness (QED) is 0.838. The van der Waals surface area contributed by atoms with Crippen molar-refractivity contribution in [3.8, 4) is 0 Å². The lowest BCUT2D eigenvalue weighted by Gasteiger charge is -2.38. The van der Waals surface area contributed by atoms with Gasteiger partial charge < -0.3 is 15.3 Å². The van der Waals surface area contributed by atoms with Crippen molar-refractivity contribution < 1.29 is 14.7 Å². The largest absolute Gasteiger partial charge is 0.481 e. The molecule has 0 radical (unpaired) electrons. The van der Waals surface area contributed by atoms with Crippen LogP contribution in [0.25, 0.3) is 0 Å². The zero-order valence-electron chi connectivity index (χ0n) is 14.0. The van der Waals surface area contributed by atoms with Crippen molar-refractivity contribution in [2.45, 2.75) is 65.8 Å². The van der Waals surface area contributed by atoms with Gasteiger partial charge in [-0.3, -0.25) is 4.79 Å². The van der Waals surface area contributed by atoms with Gasteiger partial charge in [-0.1, -0.05) is 20.8 Å². The predicted molar refractivity (Wildman–Crippen MR) is 83.2 cm³/mol. The Morgan fingerprint density at radius 3 is 2.38 bits per heavy atom. The summed E-state index contributed by atoms with van der Waals surface area (Å²) >= 11 is 0. The number of nitrogens with zero attached hydrogens (tertiary/aromatic N) is 1. The highest BCUT2D eigenvalue weighted by molar-refractivity contribution is 5.75. The standard InChI is InChI=1S/C16H30N2O3/c1-15(2,3)11-16(4,5)17-14(21)18-8-6-7-12(10-18)9-13(19)20/h12H,6-11H2,1-5H3,(H,17,21)(H,19,20). The molecule has 0 aromatic rings. The number of aliphatic carboxylic acids is 1. The van der Waals surface area contributed by atoms with Crippen molar-refractivity contribution >= 4 is 12.0 Å². The second kappa shape index (κ2) is 6.67. The summed E-state index contributed by atoms with van der Waals surface area (Å²) in [5, 5.41) is 12.0. The van der Waals surface area contributed by atoms with Crippen LogP contribution in [0.2, 0.25) is 0 Å². The Bertz CT molecular complexity index is 385. The third-order valence-electron chi connectivity index (χ3n) is 3.69. The molecule has 0 aromatic carbocycles. The molecule has 1 rings (SSSR count). The Morgan fingerprint density at radius 1 is 1.24 bits per heavy atom. The fourth-order valence-electron chi connectivity index (χ4n) is 3.40. The number of carboxylic acid groups (broad SMARTS) is 1. The average Bonchev–Trinajstić information content (AvgIpc) is 2.24. The van der Waals surface area contributed by atoms with E-state index >= 15 is 0 Å². The maximum absolute atomic E-state index is 12.4. The molecule has 1 unspecified atom stereocenters. The molecule has 2 amide bonds. The van der Waals surface area contributed by atoms with Crippen LogP contribution < -0.4 is 5.32 Å². The van der Waals surface area contributed by atoms with E-state index in [1.165, 1.54) is 0 Å². The van der Waals surface area contributed by atoms with Crippen LogP contribution in [0.1, 0.15) is 60.3 Å². The lowest BCUT2D eigenvalue weighted by atomic mass is 9.82. The molecule has 0 aromatic heterocycles. The summed E-state index contributed by atoms with van der Waals surface area (Å²) in [6.45, 7) is 11.8. The lowest BCUT2D eigenvalue weighted by Crippen LogP contribution is -2.53. The van der Waals surface area contributed by atoms with Gasteiger partial charge in [-0.05, 0) is 44.4 Å². The first-order valence-electron chi connectivity index (χ1n) is 7.77. The third-order valence-corrected chi connectivity index (χ3v) is 3.69. The number of hydrogen-bond acceptors (Lipinski definition) is 2. The number of nitrogens with one attached hydrogen (secondary N) is 1. The van der Waals surface area contributed by atoms with Crippen LogP contribution in [0.4, 0.5) is 4.79 Å². The van der Waals surface area contributed by atoms with E-state index in [9.17, 15) is 9.59 Å². The minimum absolute atomic E-state index is 0.0701. The summed E-state index contributed by atoms with van der Waals surface area (Å²) in [5.41, 5.74) is -0.125. The van der Waals surface area contributed by atoms with Crippen molar-refractivity contribution in [2.24, 2.45) is 11.3 Å². The van der Waals surface area contributed by atoms with Gasteiger partial charge in [0, 0.05) is 25.0 Å². The van der Waals surface area contributed by atoms with Gasteiger partial charge in [0.2, 0.25) is 0 Å². The van der Waals surface area contributed by atoms with Crippen LogP contribution in [-0.2, 0) is 4.79 Å². The van der Waals surface area contributed by atoms with Crippen molar-refractivity contribution in [3.05, 3.63) is 0 Å². The van der Waals surface area contributed by atoms with Gasteiger partial charge in [0.25, 0.3) is 0 Å². The summed E-state index contributed by atoms with van der Waals surface area (Å²) in [4.78, 5) is 25.0. The minimum atomic E-state index is -0.782. The van der Waals surface area contributed by atoms with E-state index in [0.717, 1.165) is 19.3 Å². The molecule has 1 saturated heterocycles. The van der Waals surface area contributed by atoms with Crippen LogP contribution in [0.15, 0.2) is 0 Å². The number of carbonyl (C=O) groups is 2. The fraction of sp³-hybridized carbons (Fsp3) is 0.875. The van der Waals surface area contributed by atoms with E-state index in [1.54, 1.807) is 4.90 Å². The topological polar surface area (TPSA) is 69.6 Å². The Kier molecular flexibility index (Phi) is 5.65. The molecule has 0 saturated carbocycles. The second-order valence-electron chi connectivity index (χ2n) is 8.10. The summed E-state index contributed by atoms with van der Waals surface area (Å²) in [5.74, 6) is -0.706. The van der Waals surface area contributed by atoms with Gasteiger partial charge >= 0.3 is 12.0 Å².